The molecular formula is C20H22O4. The zero-order valence-corrected chi connectivity index (χ0v) is 13.6. The molecule has 0 aromatic heterocycles. The van der Waals surface area contributed by atoms with Gasteiger partial charge in [0.1, 0.15) is 6.10 Å². The molecule has 0 aliphatic carbocycles. The first-order valence-electron chi connectivity index (χ1n) is 8.18. The number of hydrogen-bond donors (Lipinski definition) is 1. The predicted octanol–water partition coefficient (Wildman–Crippen LogP) is 3.65. The van der Waals surface area contributed by atoms with Gasteiger partial charge in [-0.3, -0.25) is 4.79 Å². The molecule has 24 heavy (non-hydrogen) atoms. The molecule has 0 fully saturated rings. The topological polar surface area (TPSA) is 63.6 Å². The Morgan fingerprint density at radius 2 is 1.42 bits per heavy atom. The predicted molar refractivity (Wildman–Crippen MR) is 92.0 cm³/mol. The molecule has 0 radical (unpaired) electrons. The number of rotatable bonds is 9. The average Bonchev–Trinajstić information content (AvgIpc) is 2.65. The fourth-order valence-electron chi connectivity index (χ4n) is 2.36. The maximum absolute atomic E-state index is 12.0. The van der Waals surface area contributed by atoms with E-state index in [1.54, 1.807) is 48.5 Å². The van der Waals surface area contributed by atoms with E-state index in [2.05, 4.69) is 0 Å². The molecule has 2 rings (SSSR count). The number of Topliss-reactive ketones (excluding diaryl/α,β-unsaturated/α-hetero) is 1. The van der Waals surface area contributed by atoms with E-state index in [-0.39, 0.29) is 11.8 Å². The molecule has 0 heterocycles. The Hall–Kier alpha value is -2.46. The highest BCUT2D eigenvalue weighted by Gasteiger charge is 2.16. The number of benzene rings is 2. The van der Waals surface area contributed by atoms with E-state index < -0.39 is 6.10 Å². The first-order chi connectivity index (χ1) is 11.7. The second-order valence-corrected chi connectivity index (χ2v) is 5.60. The smallest absolute Gasteiger partial charge is 0.338 e. The maximum atomic E-state index is 12.0. The average molecular weight is 326 g/mol. The Morgan fingerprint density at radius 1 is 0.833 bits per heavy atom. The van der Waals surface area contributed by atoms with Crippen LogP contribution >= 0.6 is 0 Å². The summed E-state index contributed by atoms with van der Waals surface area (Å²) < 4.78 is 5.18. The third-order valence-corrected chi connectivity index (χ3v) is 3.73. The molecule has 2 aromatic carbocycles. The van der Waals surface area contributed by atoms with E-state index in [1.807, 2.05) is 12.1 Å². The minimum atomic E-state index is -0.973. The van der Waals surface area contributed by atoms with Gasteiger partial charge in [-0.25, -0.2) is 4.79 Å². The molecule has 0 amide bonds. The van der Waals surface area contributed by atoms with Crippen molar-refractivity contribution >= 4 is 11.8 Å². The second-order valence-electron chi connectivity index (χ2n) is 5.60. The molecule has 4 heteroatoms. The van der Waals surface area contributed by atoms with Crippen molar-refractivity contribution in [3.8, 4) is 0 Å². The Bertz CT molecular complexity index is 637. The maximum Gasteiger partial charge on any atom is 0.338 e. The van der Waals surface area contributed by atoms with E-state index in [0.29, 0.717) is 37.0 Å². The summed E-state index contributed by atoms with van der Waals surface area (Å²) in [6.45, 7) is 0.344. The largest absolute Gasteiger partial charge is 0.462 e. The van der Waals surface area contributed by atoms with Crippen molar-refractivity contribution < 1.29 is 19.4 Å². The lowest BCUT2D eigenvalue weighted by molar-refractivity contribution is 0.0496. The Labute approximate surface area is 142 Å². The molecule has 4 nitrogen and oxygen atoms in total. The van der Waals surface area contributed by atoms with Crippen LogP contribution in [0.3, 0.4) is 0 Å². The van der Waals surface area contributed by atoms with Crippen LogP contribution in [-0.2, 0) is 4.74 Å². The van der Waals surface area contributed by atoms with Gasteiger partial charge in [0.2, 0.25) is 0 Å². The van der Waals surface area contributed by atoms with E-state index in [4.69, 9.17) is 4.74 Å². The number of carbonyl (C=O) groups is 2. The van der Waals surface area contributed by atoms with Crippen molar-refractivity contribution in [3.05, 3.63) is 71.8 Å². The van der Waals surface area contributed by atoms with Crippen LogP contribution in [-0.4, -0.2) is 29.6 Å². The van der Waals surface area contributed by atoms with Gasteiger partial charge in [0.05, 0.1) is 12.2 Å². The first-order valence-corrected chi connectivity index (χ1v) is 8.18. The first kappa shape index (κ1) is 17.9. The van der Waals surface area contributed by atoms with Crippen LogP contribution in [0.1, 0.15) is 46.4 Å². The summed E-state index contributed by atoms with van der Waals surface area (Å²) in [5.74, 6) is -0.569. The molecule has 1 unspecified atom stereocenters. The molecular weight excluding hydrogens is 304 g/mol. The Kier molecular flexibility index (Phi) is 7.18. The normalized spacial score (nSPS) is 11.7. The molecule has 0 aliphatic heterocycles. The van der Waals surface area contributed by atoms with Crippen molar-refractivity contribution in [2.75, 3.05) is 6.61 Å². The van der Waals surface area contributed by atoms with Crippen LogP contribution in [0, 0.1) is 0 Å². The summed E-state index contributed by atoms with van der Waals surface area (Å²) in [6, 6.07) is 17.7. The number of ketones is 1. The van der Waals surface area contributed by atoms with Gasteiger partial charge < -0.3 is 9.84 Å². The van der Waals surface area contributed by atoms with Gasteiger partial charge >= 0.3 is 5.97 Å². The monoisotopic (exact) mass is 326 g/mol. The highest BCUT2D eigenvalue weighted by Crippen LogP contribution is 2.10. The number of hydrogen-bond acceptors (Lipinski definition) is 4. The van der Waals surface area contributed by atoms with Crippen molar-refractivity contribution in [1.82, 2.24) is 0 Å². The highest BCUT2D eigenvalue weighted by molar-refractivity contribution is 5.99. The quantitative estimate of drug-likeness (QED) is 0.434. The van der Waals surface area contributed by atoms with E-state index in [1.165, 1.54) is 0 Å². The third-order valence-electron chi connectivity index (χ3n) is 3.73. The molecule has 1 N–H and O–H groups in total. The number of ether oxygens (including phenoxy) is 1. The van der Waals surface area contributed by atoms with Crippen molar-refractivity contribution in [2.45, 2.75) is 31.8 Å². The highest BCUT2D eigenvalue weighted by atomic mass is 16.5. The molecule has 0 bridgehead atoms. The van der Waals surface area contributed by atoms with Gasteiger partial charge in [-0.2, -0.15) is 0 Å². The number of aliphatic hydroxyl groups is 1. The lowest BCUT2D eigenvalue weighted by Gasteiger charge is -2.09. The van der Waals surface area contributed by atoms with Crippen LogP contribution in [0.4, 0.5) is 0 Å². The molecule has 0 saturated carbocycles. The minimum Gasteiger partial charge on any atom is -0.462 e. The SMILES string of the molecule is O=C(OCCCCCC(O)C(=O)c1ccccc1)c1ccccc1. The molecule has 0 aliphatic rings. The van der Waals surface area contributed by atoms with Crippen LogP contribution < -0.4 is 0 Å². The summed E-state index contributed by atoms with van der Waals surface area (Å²) in [7, 11) is 0. The molecule has 2 aromatic rings. The molecule has 1 atom stereocenters. The summed E-state index contributed by atoms with van der Waals surface area (Å²) in [5.41, 5.74) is 1.07. The summed E-state index contributed by atoms with van der Waals surface area (Å²) >= 11 is 0. The number of carbonyl (C=O) groups excluding carboxylic acids is 2. The van der Waals surface area contributed by atoms with Crippen molar-refractivity contribution in [3.63, 3.8) is 0 Å². The van der Waals surface area contributed by atoms with Gasteiger partial charge in [0, 0.05) is 5.56 Å². The number of esters is 1. The fourth-order valence-corrected chi connectivity index (χ4v) is 2.36. The Balaban J connectivity index is 1.60. The lowest BCUT2D eigenvalue weighted by atomic mass is 10.0. The van der Waals surface area contributed by atoms with Crippen molar-refractivity contribution in [2.24, 2.45) is 0 Å². The zero-order chi connectivity index (χ0) is 17.2. The van der Waals surface area contributed by atoms with E-state index >= 15 is 0 Å². The number of unbranched alkanes of at least 4 members (excludes halogenated alkanes) is 2. The lowest BCUT2D eigenvalue weighted by Crippen LogP contribution is -2.20. The van der Waals surface area contributed by atoms with Crippen LogP contribution in [0.25, 0.3) is 0 Å². The van der Waals surface area contributed by atoms with Gasteiger partial charge in [-0.1, -0.05) is 55.0 Å². The van der Waals surface area contributed by atoms with Crippen LogP contribution in [0.2, 0.25) is 0 Å². The fraction of sp³-hybridized carbons (Fsp3) is 0.300. The molecule has 0 saturated heterocycles. The van der Waals surface area contributed by atoms with Gasteiger partial charge in [0.15, 0.2) is 5.78 Å². The van der Waals surface area contributed by atoms with Crippen LogP contribution in [0.15, 0.2) is 60.7 Å². The van der Waals surface area contributed by atoms with Gasteiger partial charge in [0.25, 0.3) is 0 Å². The summed E-state index contributed by atoms with van der Waals surface area (Å²) in [4.78, 5) is 23.7. The number of aliphatic hydroxyl groups excluding tert-OH is 1. The standard InChI is InChI=1S/C20H22O4/c21-18(19(22)16-10-4-1-5-11-16)14-8-3-9-15-24-20(23)17-12-6-2-7-13-17/h1-2,4-7,10-13,18,21H,3,8-9,14-15H2. The molecule has 0 spiro atoms. The summed E-state index contributed by atoms with van der Waals surface area (Å²) in [6.07, 6.45) is 1.66. The van der Waals surface area contributed by atoms with E-state index in [9.17, 15) is 14.7 Å². The Morgan fingerprint density at radius 3 is 2.04 bits per heavy atom. The second kappa shape index (κ2) is 9.63. The zero-order valence-electron chi connectivity index (χ0n) is 13.6. The third kappa shape index (κ3) is 5.63. The van der Waals surface area contributed by atoms with Gasteiger partial charge in [-0.15, -0.1) is 0 Å². The van der Waals surface area contributed by atoms with Crippen LogP contribution in [0.5, 0.6) is 0 Å². The van der Waals surface area contributed by atoms with Gasteiger partial charge in [-0.05, 0) is 31.4 Å². The molecule has 126 valence electrons. The summed E-state index contributed by atoms with van der Waals surface area (Å²) in [5, 5.41) is 9.93. The van der Waals surface area contributed by atoms with E-state index in [0.717, 1.165) is 6.42 Å². The minimum absolute atomic E-state index is 0.244. The van der Waals surface area contributed by atoms with Crippen molar-refractivity contribution in [1.29, 1.82) is 0 Å².